The van der Waals surface area contributed by atoms with Crippen LogP contribution in [-0.2, 0) is 9.53 Å². The molecule has 98 valence electrons. The molecule has 1 unspecified atom stereocenters. The molecular formula is C13H18N2O3. The van der Waals surface area contributed by atoms with E-state index in [9.17, 15) is 9.90 Å². The molecule has 1 fully saturated rings. The number of benzene rings is 1. The lowest BCUT2D eigenvalue weighted by atomic mass is 10.1. The number of carbonyl (C=O) groups is 1. The molecule has 0 aliphatic carbocycles. The van der Waals surface area contributed by atoms with Crippen LogP contribution in [0.3, 0.4) is 0 Å². The number of aliphatic hydroxyl groups is 1. The molecule has 1 saturated heterocycles. The van der Waals surface area contributed by atoms with Crippen molar-refractivity contribution in [3.8, 4) is 0 Å². The van der Waals surface area contributed by atoms with Gasteiger partial charge in [0.05, 0.1) is 25.9 Å². The lowest BCUT2D eigenvalue weighted by molar-refractivity contribution is -0.127. The molecule has 5 heteroatoms. The molecule has 1 aliphatic heterocycles. The number of nitrogens with one attached hydrogen (secondary N) is 2. The first-order valence-electron chi connectivity index (χ1n) is 6.08. The van der Waals surface area contributed by atoms with Crippen molar-refractivity contribution >= 4 is 5.91 Å². The highest BCUT2D eigenvalue weighted by Gasteiger charge is 2.23. The summed E-state index contributed by atoms with van der Waals surface area (Å²) >= 11 is 0. The molecule has 18 heavy (non-hydrogen) atoms. The largest absolute Gasteiger partial charge is 0.394 e. The molecule has 5 nitrogen and oxygen atoms in total. The number of morpholine rings is 1. The predicted octanol–water partition coefficient (Wildman–Crippen LogP) is -0.175. The fourth-order valence-electron chi connectivity index (χ4n) is 1.93. The van der Waals surface area contributed by atoms with E-state index < -0.39 is 0 Å². The molecule has 2 rings (SSSR count). The van der Waals surface area contributed by atoms with Gasteiger partial charge in [0.2, 0.25) is 5.91 Å². The molecule has 1 aromatic rings. The van der Waals surface area contributed by atoms with Crippen LogP contribution in [-0.4, -0.2) is 43.4 Å². The van der Waals surface area contributed by atoms with Gasteiger partial charge in [0.1, 0.15) is 6.04 Å². The number of carbonyl (C=O) groups excluding carboxylic acids is 1. The summed E-state index contributed by atoms with van der Waals surface area (Å²) in [7, 11) is 0. The minimum Gasteiger partial charge on any atom is -0.394 e. The molecule has 1 aliphatic rings. The Labute approximate surface area is 106 Å². The van der Waals surface area contributed by atoms with E-state index in [0.29, 0.717) is 19.8 Å². The van der Waals surface area contributed by atoms with E-state index >= 15 is 0 Å². The Morgan fingerprint density at radius 1 is 1.50 bits per heavy atom. The quantitative estimate of drug-likeness (QED) is 0.693. The van der Waals surface area contributed by atoms with Crippen LogP contribution in [0.15, 0.2) is 30.3 Å². The Balaban J connectivity index is 1.95. The van der Waals surface area contributed by atoms with E-state index in [1.165, 1.54) is 0 Å². The summed E-state index contributed by atoms with van der Waals surface area (Å²) in [5.41, 5.74) is 0.894. The summed E-state index contributed by atoms with van der Waals surface area (Å²) in [5, 5.41) is 15.3. The second kappa shape index (κ2) is 6.49. The molecule has 1 amide bonds. The average molecular weight is 250 g/mol. The van der Waals surface area contributed by atoms with Crippen molar-refractivity contribution in [1.29, 1.82) is 0 Å². The zero-order valence-corrected chi connectivity index (χ0v) is 10.1. The maximum atomic E-state index is 12.0. The first-order chi connectivity index (χ1) is 8.81. The molecule has 2 atom stereocenters. The second-order valence-electron chi connectivity index (χ2n) is 4.24. The Morgan fingerprint density at radius 2 is 2.28 bits per heavy atom. The summed E-state index contributed by atoms with van der Waals surface area (Å²) in [6.07, 6.45) is 0. The van der Waals surface area contributed by atoms with Crippen LogP contribution >= 0.6 is 0 Å². The number of rotatable bonds is 4. The minimum absolute atomic E-state index is 0.122. The summed E-state index contributed by atoms with van der Waals surface area (Å²) in [5.74, 6) is -0.141. The number of hydrogen-bond donors (Lipinski definition) is 3. The number of aliphatic hydroxyl groups excluding tert-OH is 1. The maximum absolute atomic E-state index is 12.0. The standard InChI is InChI=1S/C13H18N2O3/c16-8-11(10-4-2-1-3-5-10)15-13(17)12-9-18-7-6-14-12/h1-5,11-12,14,16H,6-9H2,(H,15,17)/t11-,12?/m1/s1. The van der Waals surface area contributed by atoms with E-state index in [-0.39, 0.29) is 24.6 Å². The summed E-state index contributed by atoms with van der Waals surface area (Å²) in [4.78, 5) is 12.0. The highest BCUT2D eigenvalue weighted by atomic mass is 16.5. The molecule has 0 saturated carbocycles. The minimum atomic E-state index is -0.373. The van der Waals surface area contributed by atoms with Crippen LogP contribution < -0.4 is 10.6 Å². The molecule has 0 spiro atoms. The van der Waals surface area contributed by atoms with Crippen molar-refractivity contribution < 1.29 is 14.6 Å². The molecule has 0 bridgehead atoms. The predicted molar refractivity (Wildman–Crippen MR) is 67.0 cm³/mol. The Hall–Kier alpha value is -1.43. The van der Waals surface area contributed by atoms with Crippen molar-refractivity contribution in [1.82, 2.24) is 10.6 Å². The molecule has 1 heterocycles. The van der Waals surface area contributed by atoms with Crippen LogP contribution in [0.4, 0.5) is 0 Å². The summed E-state index contributed by atoms with van der Waals surface area (Å²) in [6, 6.07) is 8.71. The zero-order chi connectivity index (χ0) is 12.8. The Bertz CT molecular complexity index is 377. The van der Waals surface area contributed by atoms with Crippen LogP contribution in [0.1, 0.15) is 11.6 Å². The third kappa shape index (κ3) is 3.29. The van der Waals surface area contributed by atoms with E-state index in [1.807, 2.05) is 30.3 Å². The SMILES string of the molecule is O=C(N[C@H](CO)c1ccccc1)C1COCCN1. The van der Waals surface area contributed by atoms with Gasteiger partial charge in [-0.25, -0.2) is 0 Å². The van der Waals surface area contributed by atoms with E-state index in [4.69, 9.17) is 4.74 Å². The number of amides is 1. The van der Waals surface area contributed by atoms with E-state index in [2.05, 4.69) is 10.6 Å². The zero-order valence-electron chi connectivity index (χ0n) is 10.1. The maximum Gasteiger partial charge on any atom is 0.240 e. The van der Waals surface area contributed by atoms with Gasteiger partial charge < -0.3 is 20.5 Å². The Morgan fingerprint density at radius 3 is 2.89 bits per heavy atom. The third-order valence-electron chi connectivity index (χ3n) is 2.94. The summed E-state index contributed by atoms with van der Waals surface area (Å²) in [6.45, 7) is 1.56. The molecule has 0 radical (unpaired) electrons. The van der Waals surface area contributed by atoms with E-state index in [1.54, 1.807) is 0 Å². The topological polar surface area (TPSA) is 70.6 Å². The van der Waals surface area contributed by atoms with Gasteiger partial charge in [-0.3, -0.25) is 4.79 Å². The van der Waals surface area contributed by atoms with Gasteiger partial charge in [-0.15, -0.1) is 0 Å². The lowest BCUT2D eigenvalue weighted by Gasteiger charge is -2.25. The van der Waals surface area contributed by atoms with Crippen LogP contribution in [0.5, 0.6) is 0 Å². The third-order valence-corrected chi connectivity index (χ3v) is 2.94. The molecule has 0 aromatic heterocycles. The lowest BCUT2D eigenvalue weighted by Crippen LogP contribution is -2.52. The van der Waals surface area contributed by atoms with Crippen molar-refractivity contribution in [2.45, 2.75) is 12.1 Å². The normalized spacial score (nSPS) is 21.3. The van der Waals surface area contributed by atoms with Crippen LogP contribution in [0, 0.1) is 0 Å². The van der Waals surface area contributed by atoms with Crippen LogP contribution in [0.2, 0.25) is 0 Å². The summed E-state index contributed by atoms with van der Waals surface area (Å²) < 4.78 is 5.24. The smallest absolute Gasteiger partial charge is 0.240 e. The second-order valence-corrected chi connectivity index (χ2v) is 4.24. The first kappa shape index (κ1) is 13.0. The van der Waals surface area contributed by atoms with Gasteiger partial charge in [-0.05, 0) is 5.56 Å². The fourth-order valence-corrected chi connectivity index (χ4v) is 1.93. The van der Waals surface area contributed by atoms with Gasteiger partial charge in [-0.1, -0.05) is 30.3 Å². The van der Waals surface area contributed by atoms with Crippen molar-refractivity contribution in [2.24, 2.45) is 0 Å². The highest BCUT2D eigenvalue weighted by molar-refractivity contribution is 5.82. The monoisotopic (exact) mass is 250 g/mol. The van der Waals surface area contributed by atoms with Gasteiger partial charge in [-0.2, -0.15) is 0 Å². The number of ether oxygens (including phenoxy) is 1. The van der Waals surface area contributed by atoms with Crippen molar-refractivity contribution in [3.05, 3.63) is 35.9 Å². The molecule has 1 aromatic carbocycles. The van der Waals surface area contributed by atoms with Gasteiger partial charge in [0.15, 0.2) is 0 Å². The molecule has 3 N–H and O–H groups in total. The van der Waals surface area contributed by atoms with E-state index in [0.717, 1.165) is 5.56 Å². The molecular weight excluding hydrogens is 232 g/mol. The average Bonchev–Trinajstić information content (AvgIpc) is 2.46. The fraction of sp³-hybridized carbons (Fsp3) is 0.462. The highest BCUT2D eigenvalue weighted by Crippen LogP contribution is 2.11. The van der Waals surface area contributed by atoms with Crippen molar-refractivity contribution in [3.63, 3.8) is 0 Å². The number of hydrogen-bond acceptors (Lipinski definition) is 4. The first-order valence-corrected chi connectivity index (χ1v) is 6.08. The van der Waals surface area contributed by atoms with Gasteiger partial charge in [0.25, 0.3) is 0 Å². The van der Waals surface area contributed by atoms with Crippen molar-refractivity contribution in [2.75, 3.05) is 26.4 Å². The van der Waals surface area contributed by atoms with Gasteiger partial charge in [0, 0.05) is 6.54 Å². The van der Waals surface area contributed by atoms with Crippen LogP contribution in [0.25, 0.3) is 0 Å². The Kier molecular flexibility index (Phi) is 4.69. The van der Waals surface area contributed by atoms with Gasteiger partial charge >= 0.3 is 0 Å².